The largest absolute Gasteiger partial charge is 0.295 e. The summed E-state index contributed by atoms with van der Waals surface area (Å²) in [6, 6.07) is 9.38. The van der Waals surface area contributed by atoms with Crippen LogP contribution in [0.3, 0.4) is 0 Å². The molecule has 1 aliphatic rings. The normalized spacial score (nSPS) is 19.2. The Balaban J connectivity index is 2.10. The van der Waals surface area contributed by atoms with Gasteiger partial charge in [-0.2, -0.15) is 0 Å². The molecular weight excluding hydrogens is 230 g/mol. The lowest BCUT2D eigenvalue weighted by Gasteiger charge is -2.33. The molecule has 1 heterocycles. The Labute approximate surface area is 110 Å². The van der Waals surface area contributed by atoms with E-state index in [1.165, 1.54) is 43.5 Å². The standard InChI is InChI=1S/C15H22ClN/c1-2-13-6-8-14(9-7-13)15(12-16)17-10-4-3-5-11-17/h6-9,15H,2-5,10-12H2,1H3. The number of alkyl halides is 1. The maximum Gasteiger partial charge on any atom is 0.0483 e. The molecule has 0 radical (unpaired) electrons. The Morgan fingerprint density at radius 1 is 1.12 bits per heavy atom. The number of rotatable bonds is 4. The van der Waals surface area contributed by atoms with Gasteiger partial charge in [0.25, 0.3) is 0 Å². The van der Waals surface area contributed by atoms with Crippen molar-refractivity contribution >= 4 is 11.6 Å². The van der Waals surface area contributed by atoms with Gasteiger partial charge in [-0.1, -0.05) is 37.6 Å². The van der Waals surface area contributed by atoms with Crippen LogP contribution in [-0.2, 0) is 6.42 Å². The molecule has 1 saturated heterocycles. The van der Waals surface area contributed by atoms with E-state index in [0.29, 0.717) is 11.9 Å². The van der Waals surface area contributed by atoms with Crippen molar-refractivity contribution in [1.82, 2.24) is 4.90 Å². The monoisotopic (exact) mass is 251 g/mol. The first-order valence-electron chi connectivity index (χ1n) is 6.74. The van der Waals surface area contributed by atoms with Crippen LogP contribution < -0.4 is 0 Å². The van der Waals surface area contributed by atoms with E-state index in [2.05, 4.69) is 36.1 Å². The zero-order chi connectivity index (χ0) is 12.1. The Morgan fingerprint density at radius 3 is 2.29 bits per heavy atom. The number of hydrogen-bond acceptors (Lipinski definition) is 1. The summed E-state index contributed by atoms with van der Waals surface area (Å²) in [5, 5.41) is 0. The molecule has 0 N–H and O–H groups in total. The fourth-order valence-electron chi connectivity index (χ4n) is 2.60. The lowest BCUT2D eigenvalue weighted by atomic mass is 10.0. The summed E-state index contributed by atoms with van der Waals surface area (Å²) < 4.78 is 0. The molecule has 1 atom stereocenters. The van der Waals surface area contributed by atoms with E-state index in [9.17, 15) is 0 Å². The van der Waals surface area contributed by atoms with Crippen LogP contribution in [-0.4, -0.2) is 23.9 Å². The fraction of sp³-hybridized carbons (Fsp3) is 0.600. The van der Waals surface area contributed by atoms with Gasteiger partial charge >= 0.3 is 0 Å². The van der Waals surface area contributed by atoms with Crippen LogP contribution >= 0.6 is 11.6 Å². The molecule has 1 aromatic carbocycles. The average Bonchev–Trinajstić information content (AvgIpc) is 2.42. The van der Waals surface area contributed by atoms with E-state index in [1.807, 2.05) is 0 Å². The second-order valence-corrected chi connectivity index (χ2v) is 5.17. The first-order chi connectivity index (χ1) is 8.35. The van der Waals surface area contributed by atoms with Crippen molar-refractivity contribution in [3.05, 3.63) is 35.4 Å². The maximum atomic E-state index is 6.17. The SMILES string of the molecule is CCc1ccc(C(CCl)N2CCCCC2)cc1. The summed E-state index contributed by atoms with van der Waals surface area (Å²) in [5.74, 6) is 0.700. The zero-order valence-corrected chi connectivity index (χ0v) is 11.4. The van der Waals surface area contributed by atoms with E-state index in [0.717, 1.165) is 6.42 Å². The van der Waals surface area contributed by atoms with Gasteiger partial charge in [0.15, 0.2) is 0 Å². The highest BCUT2D eigenvalue weighted by Gasteiger charge is 2.21. The number of piperidine rings is 1. The van der Waals surface area contributed by atoms with Crippen molar-refractivity contribution in [2.75, 3.05) is 19.0 Å². The Kier molecular flexibility index (Phi) is 4.87. The minimum atomic E-state index is 0.405. The molecular formula is C15H22ClN. The van der Waals surface area contributed by atoms with Crippen molar-refractivity contribution in [2.45, 2.75) is 38.6 Å². The van der Waals surface area contributed by atoms with Gasteiger partial charge in [0, 0.05) is 11.9 Å². The Morgan fingerprint density at radius 2 is 1.76 bits per heavy atom. The smallest absolute Gasteiger partial charge is 0.0483 e. The van der Waals surface area contributed by atoms with Crippen molar-refractivity contribution in [3.63, 3.8) is 0 Å². The molecule has 0 amide bonds. The second-order valence-electron chi connectivity index (χ2n) is 4.86. The molecule has 1 aliphatic heterocycles. The molecule has 0 aliphatic carbocycles. The van der Waals surface area contributed by atoms with Gasteiger partial charge in [-0.3, -0.25) is 4.90 Å². The third-order valence-electron chi connectivity index (χ3n) is 3.75. The van der Waals surface area contributed by atoms with Gasteiger partial charge < -0.3 is 0 Å². The molecule has 1 aromatic rings. The molecule has 0 saturated carbocycles. The molecule has 2 heteroatoms. The third-order valence-corrected chi connectivity index (χ3v) is 4.04. The highest BCUT2D eigenvalue weighted by molar-refractivity contribution is 6.18. The van der Waals surface area contributed by atoms with Crippen LogP contribution in [0, 0.1) is 0 Å². The number of benzene rings is 1. The first-order valence-corrected chi connectivity index (χ1v) is 7.27. The molecule has 0 aromatic heterocycles. The van der Waals surface area contributed by atoms with Crippen molar-refractivity contribution in [3.8, 4) is 0 Å². The zero-order valence-electron chi connectivity index (χ0n) is 10.7. The Hall–Kier alpha value is -0.530. The number of likely N-dealkylation sites (tertiary alicyclic amines) is 1. The van der Waals surface area contributed by atoms with Crippen LogP contribution in [0.25, 0.3) is 0 Å². The van der Waals surface area contributed by atoms with Gasteiger partial charge in [-0.15, -0.1) is 11.6 Å². The fourth-order valence-corrected chi connectivity index (χ4v) is 2.98. The highest BCUT2D eigenvalue weighted by Crippen LogP contribution is 2.26. The second kappa shape index (κ2) is 6.42. The minimum Gasteiger partial charge on any atom is -0.295 e. The Bertz CT molecular complexity index is 327. The summed E-state index contributed by atoms with van der Waals surface area (Å²) in [5.41, 5.74) is 2.78. The first kappa shape index (κ1) is 12.9. The molecule has 1 nitrogen and oxygen atoms in total. The van der Waals surface area contributed by atoms with Crippen LogP contribution in [0.4, 0.5) is 0 Å². The molecule has 2 rings (SSSR count). The van der Waals surface area contributed by atoms with Gasteiger partial charge in [0.05, 0.1) is 0 Å². The van der Waals surface area contributed by atoms with Crippen LogP contribution in [0.15, 0.2) is 24.3 Å². The number of hydrogen-bond donors (Lipinski definition) is 0. The predicted molar refractivity (Wildman–Crippen MR) is 74.7 cm³/mol. The summed E-state index contributed by atoms with van der Waals surface area (Å²) in [6.45, 7) is 4.60. The van der Waals surface area contributed by atoms with Crippen LogP contribution in [0.1, 0.15) is 43.4 Å². The van der Waals surface area contributed by atoms with E-state index in [4.69, 9.17) is 11.6 Å². The highest BCUT2D eigenvalue weighted by atomic mass is 35.5. The predicted octanol–water partition coefficient (Wildman–Crippen LogP) is 4.01. The lowest BCUT2D eigenvalue weighted by Crippen LogP contribution is -2.34. The van der Waals surface area contributed by atoms with Crippen molar-refractivity contribution in [1.29, 1.82) is 0 Å². The van der Waals surface area contributed by atoms with Crippen molar-refractivity contribution in [2.24, 2.45) is 0 Å². The summed E-state index contributed by atoms with van der Waals surface area (Å²) in [4.78, 5) is 2.54. The maximum absolute atomic E-state index is 6.17. The topological polar surface area (TPSA) is 3.24 Å². The van der Waals surface area contributed by atoms with Crippen molar-refractivity contribution < 1.29 is 0 Å². The van der Waals surface area contributed by atoms with Gasteiger partial charge in [-0.05, 0) is 43.5 Å². The molecule has 1 unspecified atom stereocenters. The quantitative estimate of drug-likeness (QED) is 0.731. The molecule has 0 spiro atoms. The van der Waals surface area contributed by atoms with Gasteiger partial charge in [0.1, 0.15) is 0 Å². The summed E-state index contributed by atoms with van der Waals surface area (Å²) in [6.07, 6.45) is 5.12. The third kappa shape index (κ3) is 3.23. The summed E-state index contributed by atoms with van der Waals surface area (Å²) in [7, 11) is 0. The van der Waals surface area contributed by atoms with Crippen LogP contribution in [0.5, 0.6) is 0 Å². The molecule has 1 fully saturated rings. The molecule has 17 heavy (non-hydrogen) atoms. The minimum absolute atomic E-state index is 0.405. The number of nitrogens with zero attached hydrogens (tertiary/aromatic N) is 1. The van der Waals surface area contributed by atoms with E-state index in [1.54, 1.807) is 0 Å². The molecule has 94 valence electrons. The van der Waals surface area contributed by atoms with E-state index >= 15 is 0 Å². The number of aryl methyl sites for hydroxylation is 1. The lowest BCUT2D eigenvalue weighted by molar-refractivity contribution is 0.177. The van der Waals surface area contributed by atoms with E-state index in [-0.39, 0.29) is 0 Å². The van der Waals surface area contributed by atoms with Gasteiger partial charge in [-0.25, -0.2) is 0 Å². The average molecular weight is 252 g/mol. The molecule has 0 bridgehead atoms. The van der Waals surface area contributed by atoms with Crippen LogP contribution in [0.2, 0.25) is 0 Å². The summed E-state index contributed by atoms with van der Waals surface area (Å²) >= 11 is 6.17. The van der Waals surface area contributed by atoms with E-state index < -0.39 is 0 Å². The number of halogens is 1. The van der Waals surface area contributed by atoms with Gasteiger partial charge in [0.2, 0.25) is 0 Å².